The van der Waals surface area contributed by atoms with Gasteiger partial charge in [-0.2, -0.15) is 0 Å². The number of ether oxygens (including phenoxy) is 2. The van der Waals surface area contributed by atoms with Crippen molar-refractivity contribution in [1.82, 2.24) is 20.8 Å². The molecule has 10 heteroatoms. The van der Waals surface area contributed by atoms with E-state index in [4.69, 9.17) is 9.47 Å². The molecular weight excluding hydrogens is 432 g/mol. The molecule has 0 saturated carbocycles. The average Bonchev–Trinajstić information content (AvgIpc) is 3.05. The molecular formula is C22H26N4O5S. The maximum absolute atomic E-state index is 12.3. The summed E-state index contributed by atoms with van der Waals surface area (Å²) in [7, 11) is 0. The Hall–Kier alpha value is -3.40. The number of amides is 2. The van der Waals surface area contributed by atoms with Crippen LogP contribution < -0.4 is 25.9 Å². The second-order valence-electron chi connectivity index (χ2n) is 7.18. The Labute approximate surface area is 189 Å². The van der Waals surface area contributed by atoms with Crippen LogP contribution >= 0.6 is 11.3 Å². The standard InChI is InChI=1S/C22H26N4O5S/c1-5-30-15-6-8-16(9-7-15)31-13(3)20(28)26-25-18(27)11-10-17-23-21(29)19-12(2)14(4)32-22(19)24-17/h6-9,13H,5,10-11H2,1-4H3,(H,25,27)(H,26,28)(H,23,24,29). The first-order valence-corrected chi connectivity index (χ1v) is 11.1. The first kappa shape index (κ1) is 23.3. The SMILES string of the molecule is CCOc1ccc(OC(C)C(=O)NNC(=O)CCc2nc3sc(C)c(C)c3c(=O)[nH]2)cc1. The molecule has 170 valence electrons. The maximum Gasteiger partial charge on any atom is 0.279 e. The number of carbonyl (C=O) groups is 2. The molecule has 2 amide bonds. The van der Waals surface area contributed by atoms with Gasteiger partial charge in [0.25, 0.3) is 11.5 Å². The fourth-order valence-electron chi connectivity index (χ4n) is 2.98. The van der Waals surface area contributed by atoms with Crippen LogP contribution in [0.5, 0.6) is 11.5 Å². The minimum absolute atomic E-state index is 0.0478. The average molecular weight is 459 g/mol. The number of aromatic nitrogens is 2. The number of nitrogens with zero attached hydrogens (tertiary/aromatic N) is 1. The van der Waals surface area contributed by atoms with Crippen molar-refractivity contribution in [3.8, 4) is 11.5 Å². The molecule has 0 aliphatic rings. The minimum Gasteiger partial charge on any atom is -0.494 e. The van der Waals surface area contributed by atoms with Crippen LogP contribution in [0.4, 0.5) is 0 Å². The van der Waals surface area contributed by atoms with Gasteiger partial charge in [0.05, 0.1) is 12.0 Å². The molecule has 3 N–H and O–H groups in total. The van der Waals surface area contributed by atoms with Crippen LogP contribution in [0.1, 0.15) is 36.5 Å². The number of hydrogen-bond donors (Lipinski definition) is 3. The molecule has 1 atom stereocenters. The van der Waals surface area contributed by atoms with Crippen molar-refractivity contribution in [1.29, 1.82) is 0 Å². The number of H-pyrrole nitrogens is 1. The quantitative estimate of drug-likeness (QED) is 0.446. The highest BCUT2D eigenvalue weighted by Crippen LogP contribution is 2.25. The molecule has 1 aromatic carbocycles. The van der Waals surface area contributed by atoms with Crippen LogP contribution in [0.3, 0.4) is 0 Å². The summed E-state index contributed by atoms with van der Waals surface area (Å²) < 4.78 is 10.9. The molecule has 1 unspecified atom stereocenters. The summed E-state index contributed by atoms with van der Waals surface area (Å²) in [4.78, 5) is 45.5. The Balaban J connectivity index is 1.47. The predicted octanol–water partition coefficient (Wildman–Crippen LogP) is 2.55. The summed E-state index contributed by atoms with van der Waals surface area (Å²) in [6.07, 6.45) is -0.535. The molecule has 9 nitrogen and oxygen atoms in total. The molecule has 0 aliphatic carbocycles. The van der Waals surface area contributed by atoms with E-state index in [9.17, 15) is 14.4 Å². The summed E-state index contributed by atoms with van der Waals surface area (Å²) in [5.41, 5.74) is 5.41. The topological polar surface area (TPSA) is 122 Å². The number of aryl methyl sites for hydroxylation is 3. The zero-order chi connectivity index (χ0) is 23.3. The maximum atomic E-state index is 12.3. The van der Waals surface area contributed by atoms with Gasteiger partial charge in [-0.15, -0.1) is 11.3 Å². The number of hydrazine groups is 1. The molecule has 0 fully saturated rings. The fraction of sp³-hybridized carbons (Fsp3) is 0.364. The van der Waals surface area contributed by atoms with Gasteiger partial charge in [-0.3, -0.25) is 25.2 Å². The number of aromatic amines is 1. The van der Waals surface area contributed by atoms with Crippen molar-refractivity contribution in [2.24, 2.45) is 0 Å². The highest BCUT2D eigenvalue weighted by atomic mass is 32.1. The number of carbonyl (C=O) groups excluding carboxylic acids is 2. The third-order valence-corrected chi connectivity index (χ3v) is 5.92. The summed E-state index contributed by atoms with van der Waals surface area (Å²) >= 11 is 1.45. The summed E-state index contributed by atoms with van der Waals surface area (Å²) in [5.74, 6) is 0.741. The molecule has 3 rings (SSSR count). The number of thiophene rings is 1. The summed E-state index contributed by atoms with van der Waals surface area (Å²) in [6.45, 7) is 7.86. The van der Waals surface area contributed by atoms with Gasteiger partial charge in [-0.25, -0.2) is 4.98 Å². The Bertz CT molecular complexity index is 1170. The van der Waals surface area contributed by atoms with Crippen molar-refractivity contribution < 1.29 is 19.1 Å². The van der Waals surface area contributed by atoms with Gasteiger partial charge in [0, 0.05) is 17.7 Å². The van der Waals surface area contributed by atoms with Crippen molar-refractivity contribution in [2.45, 2.75) is 46.6 Å². The smallest absolute Gasteiger partial charge is 0.279 e. The Morgan fingerprint density at radius 3 is 2.53 bits per heavy atom. The predicted molar refractivity (Wildman–Crippen MR) is 122 cm³/mol. The normalized spacial score (nSPS) is 11.8. The van der Waals surface area contributed by atoms with Crippen LogP contribution in [-0.2, 0) is 16.0 Å². The van der Waals surface area contributed by atoms with Crippen molar-refractivity contribution in [3.05, 3.63) is 50.9 Å². The largest absolute Gasteiger partial charge is 0.494 e. The zero-order valence-corrected chi connectivity index (χ0v) is 19.2. The monoisotopic (exact) mass is 458 g/mol. The van der Waals surface area contributed by atoms with Gasteiger partial charge >= 0.3 is 0 Å². The van der Waals surface area contributed by atoms with Crippen LogP contribution in [0.15, 0.2) is 29.1 Å². The van der Waals surface area contributed by atoms with E-state index < -0.39 is 17.9 Å². The highest BCUT2D eigenvalue weighted by molar-refractivity contribution is 7.18. The molecule has 0 aliphatic heterocycles. The molecule has 0 radical (unpaired) electrons. The lowest BCUT2D eigenvalue weighted by Crippen LogP contribution is -2.47. The molecule has 0 bridgehead atoms. The van der Waals surface area contributed by atoms with E-state index in [-0.39, 0.29) is 18.4 Å². The lowest BCUT2D eigenvalue weighted by molar-refractivity contribution is -0.132. The van der Waals surface area contributed by atoms with Gasteiger partial charge in [-0.05, 0) is 57.5 Å². The molecule has 32 heavy (non-hydrogen) atoms. The molecule has 0 saturated heterocycles. The molecule has 2 aromatic heterocycles. The lowest BCUT2D eigenvalue weighted by atomic mass is 10.2. The van der Waals surface area contributed by atoms with E-state index >= 15 is 0 Å². The van der Waals surface area contributed by atoms with E-state index in [2.05, 4.69) is 20.8 Å². The van der Waals surface area contributed by atoms with Crippen molar-refractivity contribution >= 4 is 33.4 Å². The summed E-state index contributed by atoms with van der Waals surface area (Å²) in [5, 5.41) is 0.592. The van der Waals surface area contributed by atoms with Crippen LogP contribution in [0.25, 0.3) is 10.2 Å². The number of fused-ring (bicyclic) bond motifs is 1. The van der Waals surface area contributed by atoms with E-state index in [1.807, 2.05) is 20.8 Å². The van der Waals surface area contributed by atoms with Crippen molar-refractivity contribution in [3.63, 3.8) is 0 Å². The lowest BCUT2D eigenvalue weighted by Gasteiger charge is -2.15. The second-order valence-corrected chi connectivity index (χ2v) is 8.38. The van der Waals surface area contributed by atoms with Gasteiger partial charge in [0.1, 0.15) is 22.2 Å². The van der Waals surface area contributed by atoms with Gasteiger partial charge in [0.15, 0.2) is 6.10 Å². The third kappa shape index (κ3) is 5.64. The van der Waals surface area contributed by atoms with E-state index in [0.29, 0.717) is 34.1 Å². The second kappa shape index (κ2) is 10.3. The van der Waals surface area contributed by atoms with Crippen LogP contribution in [0.2, 0.25) is 0 Å². The fourth-order valence-corrected chi connectivity index (χ4v) is 4.03. The molecule has 2 heterocycles. The van der Waals surface area contributed by atoms with E-state index in [1.165, 1.54) is 11.3 Å². The Kier molecular flexibility index (Phi) is 7.47. The van der Waals surface area contributed by atoms with E-state index in [1.54, 1.807) is 31.2 Å². The van der Waals surface area contributed by atoms with Gasteiger partial charge in [-0.1, -0.05) is 0 Å². The minimum atomic E-state index is -0.820. The molecule has 0 spiro atoms. The van der Waals surface area contributed by atoms with Gasteiger partial charge < -0.3 is 14.5 Å². The van der Waals surface area contributed by atoms with E-state index in [0.717, 1.165) is 10.4 Å². The van der Waals surface area contributed by atoms with Gasteiger partial charge in [0.2, 0.25) is 5.91 Å². The van der Waals surface area contributed by atoms with Crippen LogP contribution in [-0.4, -0.2) is 34.5 Å². The van der Waals surface area contributed by atoms with Crippen LogP contribution in [0, 0.1) is 13.8 Å². The number of hydrogen-bond acceptors (Lipinski definition) is 7. The zero-order valence-electron chi connectivity index (χ0n) is 18.4. The summed E-state index contributed by atoms with van der Waals surface area (Å²) in [6, 6.07) is 6.91. The molecule has 3 aromatic rings. The number of nitrogens with one attached hydrogen (secondary N) is 3. The van der Waals surface area contributed by atoms with Crippen molar-refractivity contribution in [2.75, 3.05) is 6.61 Å². The first-order chi connectivity index (χ1) is 15.3. The third-order valence-electron chi connectivity index (χ3n) is 4.82. The highest BCUT2D eigenvalue weighted by Gasteiger charge is 2.16. The number of rotatable bonds is 8. The first-order valence-electron chi connectivity index (χ1n) is 10.3. The Morgan fingerprint density at radius 2 is 1.84 bits per heavy atom. The Morgan fingerprint density at radius 1 is 1.16 bits per heavy atom. The number of benzene rings is 1.